The first-order valence-electron chi connectivity index (χ1n) is 4.72. The second-order valence-electron chi connectivity index (χ2n) is 2.99. The maximum Gasteiger partial charge on any atom is 0.104 e. The number of aliphatic hydroxyl groups excluding tert-OH is 1. The molecule has 0 aromatic heterocycles. The second-order valence-corrected chi connectivity index (χ2v) is 2.99. The fourth-order valence-corrected chi connectivity index (χ4v) is 0.849. The second kappa shape index (κ2) is 8.44. The summed E-state index contributed by atoms with van der Waals surface area (Å²) < 4.78 is 10.6. The van der Waals surface area contributed by atoms with Crippen LogP contribution < -0.4 is 5.32 Å². The molecule has 80 valence electrons. The molecule has 0 heterocycles. The van der Waals surface area contributed by atoms with E-state index in [-0.39, 0.29) is 12.7 Å². The Morgan fingerprint density at radius 3 is 2.54 bits per heavy atom. The smallest absolute Gasteiger partial charge is 0.104 e. The van der Waals surface area contributed by atoms with Crippen LogP contribution in [0.4, 0.5) is 0 Å². The van der Waals surface area contributed by atoms with Crippen molar-refractivity contribution < 1.29 is 14.6 Å². The summed E-state index contributed by atoms with van der Waals surface area (Å²) in [5.41, 5.74) is 0. The molecular weight excluding hydrogens is 170 g/mol. The van der Waals surface area contributed by atoms with Gasteiger partial charge in [-0.15, -0.1) is 0 Å². The zero-order chi connectivity index (χ0) is 10.1. The third-order valence-corrected chi connectivity index (χ3v) is 1.77. The minimum atomic E-state index is -0.186. The Hall–Kier alpha value is -0.160. The van der Waals surface area contributed by atoms with Crippen LogP contribution in [0.1, 0.15) is 13.8 Å². The van der Waals surface area contributed by atoms with Crippen molar-refractivity contribution in [2.45, 2.75) is 26.0 Å². The number of rotatable bonds is 8. The van der Waals surface area contributed by atoms with Gasteiger partial charge in [0.1, 0.15) is 6.10 Å². The SMILES string of the molecule is CCOC(CO)COCC(C)NC. The molecular formula is C9H21NO3. The van der Waals surface area contributed by atoms with Gasteiger partial charge in [-0.3, -0.25) is 0 Å². The third-order valence-electron chi connectivity index (χ3n) is 1.77. The summed E-state index contributed by atoms with van der Waals surface area (Å²) in [6, 6.07) is 0.334. The van der Waals surface area contributed by atoms with Crippen LogP contribution in [-0.4, -0.2) is 50.7 Å². The van der Waals surface area contributed by atoms with Gasteiger partial charge in [0.25, 0.3) is 0 Å². The number of likely N-dealkylation sites (N-methyl/N-ethyl adjacent to an activating group) is 1. The first-order valence-corrected chi connectivity index (χ1v) is 4.72. The lowest BCUT2D eigenvalue weighted by Crippen LogP contribution is -2.30. The molecule has 0 fully saturated rings. The van der Waals surface area contributed by atoms with Crippen LogP contribution >= 0.6 is 0 Å². The van der Waals surface area contributed by atoms with Crippen molar-refractivity contribution in [3.8, 4) is 0 Å². The summed E-state index contributed by atoms with van der Waals surface area (Å²) in [7, 11) is 1.89. The average Bonchev–Trinajstić information content (AvgIpc) is 2.16. The van der Waals surface area contributed by atoms with Crippen molar-refractivity contribution in [2.75, 3.05) is 33.5 Å². The molecule has 0 aliphatic heterocycles. The molecule has 0 saturated heterocycles. The standard InChI is InChI=1S/C9H21NO3/c1-4-13-9(5-11)7-12-6-8(2)10-3/h8-11H,4-7H2,1-3H3. The van der Waals surface area contributed by atoms with Crippen LogP contribution in [0.15, 0.2) is 0 Å². The Kier molecular flexibility index (Phi) is 8.33. The highest BCUT2D eigenvalue weighted by Crippen LogP contribution is 1.93. The highest BCUT2D eigenvalue weighted by Gasteiger charge is 2.07. The van der Waals surface area contributed by atoms with Crippen LogP contribution in [0.3, 0.4) is 0 Å². The Labute approximate surface area is 80.2 Å². The summed E-state index contributed by atoms with van der Waals surface area (Å²) in [6.45, 7) is 5.65. The van der Waals surface area contributed by atoms with Gasteiger partial charge in [-0.25, -0.2) is 0 Å². The van der Waals surface area contributed by atoms with Crippen LogP contribution in [0.2, 0.25) is 0 Å². The lowest BCUT2D eigenvalue weighted by Gasteiger charge is -2.16. The van der Waals surface area contributed by atoms with Crippen molar-refractivity contribution in [3.63, 3.8) is 0 Å². The summed E-state index contributed by atoms with van der Waals surface area (Å²) >= 11 is 0. The lowest BCUT2D eigenvalue weighted by atomic mass is 10.3. The molecule has 0 aromatic rings. The van der Waals surface area contributed by atoms with Gasteiger partial charge < -0.3 is 19.9 Å². The Morgan fingerprint density at radius 2 is 2.08 bits per heavy atom. The normalized spacial score (nSPS) is 15.7. The summed E-state index contributed by atoms with van der Waals surface area (Å²) in [6.07, 6.45) is -0.186. The van der Waals surface area contributed by atoms with Crippen molar-refractivity contribution in [1.82, 2.24) is 5.32 Å². The molecule has 0 bridgehead atoms. The molecule has 0 amide bonds. The zero-order valence-corrected chi connectivity index (χ0v) is 8.75. The van der Waals surface area contributed by atoms with Gasteiger partial charge >= 0.3 is 0 Å². The Bertz CT molecular complexity index is 111. The van der Waals surface area contributed by atoms with Crippen molar-refractivity contribution >= 4 is 0 Å². The minimum Gasteiger partial charge on any atom is -0.394 e. The summed E-state index contributed by atoms with van der Waals surface area (Å²) in [4.78, 5) is 0. The maximum absolute atomic E-state index is 8.86. The maximum atomic E-state index is 8.86. The summed E-state index contributed by atoms with van der Waals surface area (Å²) in [5, 5.41) is 11.9. The van der Waals surface area contributed by atoms with Crippen LogP contribution in [0.25, 0.3) is 0 Å². The van der Waals surface area contributed by atoms with E-state index in [1.165, 1.54) is 0 Å². The molecule has 4 heteroatoms. The Balaban J connectivity index is 3.37. The quantitative estimate of drug-likeness (QED) is 0.567. The highest BCUT2D eigenvalue weighted by molar-refractivity contribution is 4.57. The van der Waals surface area contributed by atoms with Gasteiger partial charge in [0.2, 0.25) is 0 Å². The molecule has 0 aromatic carbocycles. The van der Waals surface area contributed by atoms with Gasteiger partial charge in [-0.1, -0.05) is 0 Å². The number of hydrogen-bond acceptors (Lipinski definition) is 4. The van der Waals surface area contributed by atoms with E-state index in [4.69, 9.17) is 14.6 Å². The molecule has 2 unspecified atom stereocenters. The number of hydrogen-bond donors (Lipinski definition) is 2. The highest BCUT2D eigenvalue weighted by atomic mass is 16.5. The fourth-order valence-electron chi connectivity index (χ4n) is 0.849. The van der Waals surface area contributed by atoms with E-state index >= 15 is 0 Å². The number of aliphatic hydroxyl groups is 1. The van der Waals surface area contributed by atoms with Crippen LogP contribution in [0.5, 0.6) is 0 Å². The zero-order valence-electron chi connectivity index (χ0n) is 8.75. The van der Waals surface area contributed by atoms with E-state index in [2.05, 4.69) is 5.32 Å². The molecule has 0 aliphatic carbocycles. The van der Waals surface area contributed by atoms with Crippen LogP contribution in [-0.2, 0) is 9.47 Å². The summed E-state index contributed by atoms with van der Waals surface area (Å²) in [5.74, 6) is 0. The molecule has 13 heavy (non-hydrogen) atoms. The molecule has 0 aliphatic rings. The van der Waals surface area contributed by atoms with E-state index < -0.39 is 0 Å². The molecule has 4 nitrogen and oxygen atoms in total. The van der Waals surface area contributed by atoms with Gasteiger partial charge in [0.05, 0.1) is 19.8 Å². The van der Waals surface area contributed by atoms with Gasteiger partial charge in [-0.05, 0) is 20.9 Å². The van der Waals surface area contributed by atoms with E-state index in [9.17, 15) is 0 Å². The number of ether oxygens (including phenoxy) is 2. The third kappa shape index (κ3) is 6.95. The molecule has 2 N–H and O–H groups in total. The molecule has 0 radical (unpaired) electrons. The predicted octanol–water partition coefficient (Wildman–Crippen LogP) is 0.00830. The van der Waals surface area contributed by atoms with Gasteiger partial charge in [-0.2, -0.15) is 0 Å². The topological polar surface area (TPSA) is 50.7 Å². The lowest BCUT2D eigenvalue weighted by molar-refractivity contribution is -0.0405. The van der Waals surface area contributed by atoms with Crippen molar-refractivity contribution in [3.05, 3.63) is 0 Å². The molecule has 0 spiro atoms. The minimum absolute atomic E-state index is 0.0156. The molecule has 2 atom stereocenters. The van der Waals surface area contributed by atoms with E-state index in [0.29, 0.717) is 25.9 Å². The fraction of sp³-hybridized carbons (Fsp3) is 1.00. The molecule has 0 saturated carbocycles. The Morgan fingerprint density at radius 1 is 1.38 bits per heavy atom. The van der Waals surface area contributed by atoms with Gasteiger partial charge in [0, 0.05) is 12.6 Å². The monoisotopic (exact) mass is 191 g/mol. The van der Waals surface area contributed by atoms with Crippen LogP contribution in [0, 0.1) is 0 Å². The van der Waals surface area contributed by atoms with Crippen molar-refractivity contribution in [1.29, 1.82) is 0 Å². The largest absolute Gasteiger partial charge is 0.394 e. The predicted molar refractivity (Wildman–Crippen MR) is 51.8 cm³/mol. The first-order chi connectivity index (χ1) is 6.24. The molecule has 0 rings (SSSR count). The van der Waals surface area contributed by atoms with Crippen molar-refractivity contribution in [2.24, 2.45) is 0 Å². The average molecular weight is 191 g/mol. The first kappa shape index (κ1) is 12.8. The van der Waals surface area contributed by atoms with E-state index in [1.54, 1.807) is 0 Å². The number of nitrogens with one attached hydrogen (secondary N) is 1. The van der Waals surface area contributed by atoms with E-state index in [1.807, 2.05) is 20.9 Å². The van der Waals surface area contributed by atoms with E-state index in [0.717, 1.165) is 0 Å². The van der Waals surface area contributed by atoms with Gasteiger partial charge in [0.15, 0.2) is 0 Å².